The largest absolute Gasteiger partial charge is 0.456 e. The molecule has 1 heterocycles. The average Bonchev–Trinajstić information content (AvgIpc) is 3.64. The first-order chi connectivity index (χ1) is 20.3. The molecule has 5 aliphatic carbocycles. The molecule has 5 fully saturated rings. The van der Waals surface area contributed by atoms with Gasteiger partial charge in [0.15, 0.2) is 5.79 Å². The molecule has 9 heteroatoms. The van der Waals surface area contributed by atoms with Gasteiger partial charge < -0.3 is 19.7 Å². The highest BCUT2D eigenvalue weighted by Gasteiger charge is 2.79. The van der Waals surface area contributed by atoms with Crippen molar-refractivity contribution in [2.75, 3.05) is 13.2 Å². The van der Waals surface area contributed by atoms with E-state index >= 15 is 8.78 Å². The summed E-state index contributed by atoms with van der Waals surface area (Å²) in [5.74, 6) is -7.52. The summed E-state index contributed by atoms with van der Waals surface area (Å²) in [4.78, 5) is 0. The number of aliphatic hydroxyl groups is 2. The van der Waals surface area contributed by atoms with Gasteiger partial charge >= 0.3 is 12.1 Å². The van der Waals surface area contributed by atoms with Crippen LogP contribution < -0.4 is 0 Å². The van der Waals surface area contributed by atoms with Crippen LogP contribution in [0.25, 0.3) is 0 Å². The van der Waals surface area contributed by atoms with Crippen molar-refractivity contribution in [1.29, 1.82) is 0 Å². The first-order valence-corrected chi connectivity index (χ1v) is 16.3. The Balaban J connectivity index is 1.32. The molecular formula is C35H45F5O4. The van der Waals surface area contributed by atoms with E-state index in [9.17, 15) is 23.4 Å². The minimum absolute atomic E-state index is 0.0474. The molecule has 7 rings (SSSR count). The van der Waals surface area contributed by atoms with E-state index in [4.69, 9.17) is 9.47 Å². The van der Waals surface area contributed by atoms with E-state index in [2.05, 4.69) is 32.9 Å². The highest BCUT2D eigenvalue weighted by molar-refractivity contribution is 5.45. The topological polar surface area (TPSA) is 58.9 Å². The Morgan fingerprint density at radius 3 is 2.05 bits per heavy atom. The van der Waals surface area contributed by atoms with Gasteiger partial charge in [-0.15, -0.1) is 0 Å². The lowest BCUT2D eigenvalue weighted by molar-refractivity contribution is -0.362. The maximum Gasteiger partial charge on any atom is 0.456 e. The van der Waals surface area contributed by atoms with Gasteiger partial charge in [0.1, 0.15) is 5.60 Å². The molecular weight excluding hydrogens is 579 g/mol. The highest BCUT2D eigenvalue weighted by Crippen LogP contribution is 2.71. The summed E-state index contributed by atoms with van der Waals surface area (Å²) < 4.78 is 84.9. The molecule has 1 saturated heterocycles. The lowest BCUT2D eigenvalue weighted by Gasteiger charge is -2.59. The second-order valence-corrected chi connectivity index (χ2v) is 16.4. The maximum atomic E-state index is 15.3. The Labute approximate surface area is 256 Å². The van der Waals surface area contributed by atoms with Gasteiger partial charge in [-0.3, -0.25) is 0 Å². The van der Waals surface area contributed by atoms with Gasteiger partial charge in [-0.1, -0.05) is 57.5 Å². The summed E-state index contributed by atoms with van der Waals surface area (Å²) in [5.41, 5.74) is -2.26. The molecule has 6 atom stereocenters. The first kappa shape index (κ1) is 31.1. The Morgan fingerprint density at radius 1 is 0.818 bits per heavy atom. The number of benzene rings is 1. The van der Waals surface area contributed by atoms with E-state index in [0.29, 0.717) is 38.9 Å². The van der Waals surface area contributed by atoms with Crippen LogP contribution in [0, 0.1) is 22.7 Å². The molecule has 1 aliphatic heterocycles. The van der Waals surface area contributed by atoms with Crippen molar-refractivity contribution in [3.8, 4) is 0 Å². The number of fused-ring (bicyclic) bond motifs is 4. The van der Waals surface area contributed by atoms with Crippen molar-refractivity contribution in [2.24, 2.45) is 22.7 Å². The first-order valence-electron chi connectivity index (χ1n) is 16.3. The maximum absolute atomic E-state index is 15.3. The van der Waals surface area contributed by atoms with E-state index in [1.54, 1.807) is 0 Å². The molecule has 0 amide bonds. The molecule has 1 spiro atoms. The molecule has 0 bridgehead atoms. The van der Waals surface area contributed by atoms with Crippen LogP contribution in [0.2, 0.25) is 0 Å². The van der Waals surface area contributed by atoms with Crippen LogP contribution in [0.5, 0.6) is 0 Å². The highest BCUT2D eigenvalue weighted by atomic mass is 19.4. The third kappa shape index (κ3) is 4.27. The van der Waals surface area contributed by atoms with Crippen LogP contribution >= 0.6 is 0 Å². The quantitative estimate of drug-likeness (QED) is 0.265. The van der Waals surface area contributed by atoms with Crippen LogP contribution in [0.4, 0.5) is 22.0 Å². The zero-order valence-corrected chi connectivity index (χ0v) is 26.1. The fraction of sp³-hybridized carbons (Fsp3) is 0.771. The van der Waals surface area contributed by atoms with Crippen LogP contribution in [-0.2, 0) is 14.9 Å². The van der Waals surface area contributed by atoms with Crippen molar-refractivity contribution < 1.29 is 41.6 Å². The zero-order valence-electron chi connectivity index (χ0n) is 26.1. The Morgan fingerprint density at radius 2 is 1.45 bits per heavy atom. The van der Waals surface area contributed by atoms with E-state index in [0.717, 1.165) is 29.6 Å². The average molecular weight is 625 g/mol. The van der Waals surface area contributed by atoms with Crippen molar-refractivity contribution in [3.63, 3.8) is 0 Å². The number of allylic oxidation sites excluding steroid dienone is 1. The van der Waals surface area contributed by atoms with Crippen LogP contribution in [0.15, 0.2) is 35.4 Å². The van der Waals surface area contributed by atoms with Gasteiger partial charge in [-0.05, 0) is 85.3 Å². The van der Waals surface area contributed by atoms with Crippen LogP contribution in [-0.4, -0.2) is 52.5 Å². The minimum atomic E-state index is -5.87. The zero-order chi connectivity index (χ0) is 31.8. The molecule has 6 aliphatic rings. The summed E-state index contributed by atoms with van der Waals surface area (Å²) in [5, 5.41) is 23.9. The van der Waals surface area contributed by atoms with Gasteiger partial charge in [0.25, 0.3) is 0 Å². The lowest BCUT2D eigenvalue weighted by atomic mass is 9.49. The van der Waals surface area contributed by atoms with Gasteiger partial charge in [-0.25, -0.2) is 0 Å². The molecule has 244 valence electrons. The molecule has 1 aromatic carbocycles. The number of hydrogen-bond donors (Lipinski definition) is 2. The van der Waals surface area contributed by atoms with Gasteiger partial charge in [0.05, 0.1) is 18.8 Å². The molecule has 2 N–H and O–H groups in total. The van der Waals surface area contributed by atoms with Crippen molar-refractivity contribution in [3.05, 3.63) is 46.5 Å². The Kier molecular flexibility index (Phi) is 6.56. The summed E-state index contributed by atoms with van der Waals surface area (Å²) in [7, 11) is 0. The Bertz CT molecular complexity index is 1350. The SMILES string of the molecule is CC1(C)COC2(CCC3=C4C(CCC3(O)C2)C2CCC(O)(C(F)(F)C(F)(F)F)[C@@]2(C)C[C@@H]4c2ccc(C3(C)CC3)cc2)OC1. The van der Waals surface area contributed by atoms with Crippen molar-refractivity contribution in [1.82, 2.24) is 0 Å². The number of hydrogen-bond acceptors (Lipinski definition) is 4. The van der Waals surface area contributed by atoms with E-state index in [1.165, 1.54) is 12.5 Å². The standard InChI is InChI=1S/C35H45F5O4/c1-28(2)19-43-32(44-20-28)13-10-26-27-23(9-12-31(26,41)18-32)25-11-14-33(42,34(36,37)35(38,39)40)30(25,4)17-24(27)21-5-7-22(8-6-21)29(3)15-16-29/h5-8,23-25,41-42H,9-20H2,1-4H3/t23?,24-,25?,30+,31?,33?/m1/s1. The monoisotopic (exact) mass is 624 g/mol. The second kappa shape index (κ2) is 9.29. The minimum Gasteiger partial charge on any atom is -0.385 e. The molecule has 4 unspecified atom stereocenters. The third-order valence-corrected chi connectivity index (χ3v) is 12.9. The fourth-order valence-corrected chi connectivity index (χ4v) is 9.90. The number of ether oxygens (including phenoxy) is 2. The lowest BCUT2D eigenvalue weighted by Crippen LogP contribution is -2.65. The van der Waals surface area contributed by atoms with E-state index in [1.807, 2.05) is 12.1 Å². The molecule has 1 aromatic rings. The molecule has 0 radical (unpaired) electrons. The van der Waals surface area contributed by atoms with Crippen LogP contribution in [0.3, 0.4) is 0 Å². The summed E-state index contributed by atoms with van der Waals surface area (Å²) >= 11 is 0. The number of halogens is 5. The molecule has 44 heavy (non-hydrogen) atoms. The van der Waals surface area contributed by atoms with Crippen molar-refractivity contribution >= 4 is 0 Å². The van der Waals surface area contributed by atoms with Gasteiger partial charge in [0.2, 0.25) is 0 Å². The Hall–Kier alpha value is -1.55. The smallest absolute Gasteiger partial charge is 0.385 e. The number of rotatable bonds is 3. The summed E-state index contributed by atoms with van der Waals surface area (Å²) in [6, 6.07) is 8.08. The number of alkyl halides is 5. The van der Waals surface area contributed by atoms with Gasteiger partial charge in [-0.2, -0.15) is 22.0 Å². The van der Waals surface area contributed by atoms with Crippen molar-refractivity contribution in [2.45, 2.75) is 132 Å². The van der Waals surface area contributed by atoms with E-state index < -0.39 is 52.8 Å². The predicted octanol–water partition coefficient (Wildman–Crippen LogP) is 7.96. The molecule has 4 saturated carbocycles. The third-order valence-electron chi connectivity index (χ3n) is 12.9. The fourth-order valence-electron chi connectivity index (χ4n) is 9.90. The van der Waals surface area contributed by atoms with Crippen LogP contribution in [0.1, 0.15) is 109 Å². The summed E-state index contributed by atoms with van der Waals surface area (Å²) in [6.45, 7) is 8.82. The second-order valence-electron chi connectivity index (χ2n) is 16.4. The van der Waals surface area contributed by atoms with Gasteiger partial charge in [0, 0.05) is 29.6 Å². The predicted molar refractivity (Wildman–Crippen MR) is 154 cm³/mol. The normalized spacial score (nSPS) is 40.8. The van der Waals surface area contributed by atoms with E-state index in [-0.39, 0.29) is 36.0 Å². The molecule has 0 aromatic heterocycles. The molecule has 4 nitrogen and oxygen atoms in total. The summed E-state index contributed by atoms with van der Waals surface area (Å²) in [6.07, 6.45) is -2.18.